The number of ether oxygens (including phenoxy) is 2. The molecule has 0 radical (unpaired) electrons. The first-order valence-corrected chi connectivity index (χ1v) is 10.2. The van der Waals surface area contributed by atoms with Crippen LogP contribution in [0, 0.1) is 6.92 Å². The molecule has 1 aliphatic rings. The minimum Gasteiger partial charge on any atom is -0.493 e. The molecule has 0 unspecified atom stereocenters. The minimum atomic E-state index is -0.0224. The van der Waals surface area contributed by atoms with Gasteiger partial charge in [-0.25, -0.2) is 4.98 Å². The van der Waals surface area contributed by atoms with Crippen LogP contribution in [0.25, 0.3) is 5.65 Å². The van der Waals surface area contributed by atoms with Gasteiger partial charge in [-0.3, -0.25) is 19.0 Å². The van der Waals surface area contributed by atoms with Crippen molar-refractivity contribution in [2.45, 2.75) is 20.0 Å². The van der Waals surface area contributed by atoms with E-state index in [4.69, 9.17) is 9.47 Å². The van der Waals surface area contributed by atoms with Crippen molar-refractivity contribution in [3.8, 4) is 11.5 Å². The van der Waals surface area contributed by atoms with Gasteiger partial charge in [-0.15, -0.1) is 0 Å². The van der Waals surface area contributed by atoms with Crippen molar-refractivity contribution in [2.75, 3.05) is 40.4 Å². The third-order valence-corrected chi connectivity index (χ3v) is 5.57. The van der Waals surface area contributed by atoms with Crippen molar-refractivity contribution in [3.63, 3.8) is 0 Å². The lowest BCUT2D eigenvalue weighted by Crippen LogP contribution is -2.45. The lowest BCUT2D eigenvalue weighted by Gasteiger charge is -2.34. The maximum Gasteiger partial charge on any atom is 0.258 e. The van der Waals surface area contributed by atoms with Gasteiger partial charge < -0.3 is 9.47 Å². The number of rotatable bonds is 6. The van der Waals surface area contributed by atoms with Crippen LogP contribution in [0.2, 0.25) is 0 Å². The molecule has 7 heteroatoms. The van der Waals surface area contributed by atoms with Gasteiger partial charge in [0.05, 0.1) is 19.9 Å². The maximum absolute atomic E-state index is 12.4. The number of aromatic nitrogens is 2. The van der Waals surface area contributed by atoms with Gasteiger partial charge in [0.25, 0.3) is 5.56 Å². The van der Waals surface area contributed by atoms with Crippen LogP contribution in [0.3, 0.4) is 0 Å². The van der Waals surface area contributed by atoms with Crippen molar-refractivity contribution in [2.24, 2.45) is 0 Å². The Kier molecular flexibility index (Phi) is 6.01. The number of nitrogens with zero attached hydrogens (tertiary/aromatic N) is 4. The van der Waals surface area contributed by atoms with Crippen molar-refractivity contribution in [3.05, 3.63) is 69.8 Å². The summed E-state index contributed by atoms with van der Waals surface area (Å²) >= 11 is 0. The van der Waals surface area contributed by atoms with E-state index in [0.717, 1.165) is 55.5 Å². The quantitative estimate of drug-likeness (QED) is 0.624. The summed E-state index contributed by atoms with van der Waals surface area (Å²) in [5.41, 5.74) is 3.77. The summed E-state index contributed by atoms with van der Waals surface area (Å²) in [5.74, 6) is 1.51. The Balaban J connectivity index is 1.36. The lowest BCUT2D eigenvalue weighted by molar-refractivity contribution is 0.121. The molecule has 0 atom stereocenters. The number of piperazine rings is 1. The summed E-state index contributed by atoms with van der Waals surface area (Å²) in [6.45, 7) is 7.39. The average Bonchev–Trinajstić information content (AvgIpc) is 2.75. The zero-order valence-corrected chi connectivity index (χ0v) is 17.8. The van der Waals surface area contributed by atoms with Gasteiger partial charge in [0.15, 0.2) is 11.5 Å². The Morgan fingerprint density at radius 3 is 2.30 bits per heavy atom. The van der Waals surface area contributed by atoms with Crippen LogP contribution in [0.1, 0.15) is 16.8 Å². The van der Waals surface area contributed by atoms with Gasteiger partial charge in [0.2, 0.25) is 0 Å². The summed E-state index contributed by atoms with van der Waals surface area (Å²) in [7, 11) is 3.31. The zero-order chi connectivity index (χ0) is 21.1. The van der Waals surface area contributed by atoms with E-state index in [-0.39, 0.29) is 5.56 Å². The van der Waals surface area contributed by atoms with Crippen LogP contribution in [-0.2, 0) is 13.1 Å². The molecule has 2 aromatic heterocycles. The normalized spacial score (nSPS) is 15.4. The molecular weight excluding hydrogens is 380 g/mol. The molecule has 0 spiro atoms. The monoisotopic (exact) mass is 408 g/mol. The smallest absolute Gasteiger partial charge is 0.258 e. The fraction of sp³-hybridized carbons (Fsp3) is 0.391. The largest absolute Gasteiger partial charge is 0.493 e. The highest BCUT2D eigenvalue weighted by atomic mass is 16.5. The number of methoxy groups -OCH3 is 2. The van der Waals surface area contributed by atoms with Crippen molar-refractivity contribution in [1.29, 1.82) is 0 Å². The first-order chi connectivity index (χ1) is 14.6. The Morgan fingerprint density at radius 1 is 0.900 bits per heavy atom. The zero-order valence-electron chi connectivity index (χ0n) is 17.8. The van der Waals surface area contributed by atoms with Crippen molar-refractivity contribution in [1.82, 2.24) is 19.2 Å². The van der Waals surface area contributed by atoms with E-state index in [1.165, 1.54) is 5.56 Å². The molecule has 1 aromatic carbocycles. The van der Waals surface area contributed by atoms with E-state index < -0.39 is 0 Å². The van der Waals surface area contributed by atoms with Gasteiger partial charge in [-0.05, 0) is 36.2 Å². The SMILES string of the molecule is COc1ccc(CN2CCN(Cc3cc(=O)n4cc(C)ccc4n3)CC2)cc1OC. The van der Waals surface area contributed by atoms with E-state index in [1.54, 1.807) is 24.7 Å². The van der Waals surface area contributed by atoms with Gasteiger partial charge in [-0.2, -0.15) is 0 Å². The highest BCUT2D eigenvalue weighted by Gasteiger charge is 2.18. The first kappa shape index (κ1) is 20.4. The highest BCUT2D eigenvalue weighted by molar-refractivity contribution is 5.43. The number of hydrogen-bond acceptors (Lipinski definition) is 6. The Bertz CT molecular complexity index is 1090. The molecule has 158 valence electrons. The van der Waals surface area contributed by atoms with E-state index >= 15 is 0 Å². The summed E-state index contributed by atoms with van der Waals surface area (Å²) in [6.07, 6.45) is 1.83. The van der Waals surface area contributed by atoms with Gasteiger partial charge in [0.1, 0.15) is 5.65 Å². The standard InChI is InChI=1S/C23H28N4O3/c1-17-4-7-22-24-19(13-23(28)27(22)14-17)16-26-10-8-25(9-11-26)15-18-5-6-20(29-2)21(12-18)30-3/h4-7,12-14H,8-11,15-16H2,1-3H3. The molecule has 0 saturated carbocycles. The summed E-state index contributed by atoms with van der Waals surface area (Å²) in [6, 6.07) is 11.6. The molecule has 3 heterocycles. The van der Waals surface area contributed by atoms with Crippen LogP contribution in [0.4, 0.5) is 0 Å². The molecular formula is C23H28N4O3. The second-order valence-electron chi connectivity index (χ2n) is 7.76. The molecule has 3 aromatic rings. The van der Waals surface area contributed by atoms with E-state index in [2.05, 4.69) is 20.9 Å². The van der Waals surface area contributed by atoms with Crippen molar-refractivity contribution >= 4 is 5.65 Å². The predicted octanol–water partition coefficient (Wildman–Crippen LogP) is 2.34. The molecule has 1 aliphatic heterocycles. The Hall–Kier alpha value is -2.90. The molecule has 0 amide bonds. The lowest BCUT2D eigenvalue weighted by atomic mass is 10.1. The molecule has 0 bridgehead atoms. The van der Waals surface area contributed by atoms with E-state index in [1.807, 2.05) is 37.4 Å². The van der Waals surface area contributed by atoms with Gasteiger partial charge >= 0.3 is 0 Å². The summed E-state index contributed by atoms with van der Waals surface area (Å²) in [4.78, 5) is 21.9. The summed E-state index contributed by atoms with van der Waals surface area (Å²) in [5, 5.41) is 0. The molecule has 0 aliphatic carbocycles. The van der Waals surface area contributed by atoms with Gasteiger partial charge in [0, 0.05) is 51.5 Å². The van der Waals surface area contributed by atoms with Crippen molar-refractivity contribution < 1.29 is 9.47 Å². The molecule has 4 rings (SSSR count). The third-order valence-electron chi connectivity index (χ3n) is 5.57. The number of hydrogen-bond donors (Lipinski definition) is 0. The Morgan fingerprint density at radius 2 is 1.60 bits per heavy atom. The molecule has 1 saturated heterocycles. The predicted molar refractivity (Wildman–Crippen MR) is 116 cm³/mol. The van der Waals surface area contributed by atoms with Crippen LogP contribution >= 0.6 is 0 Å². The molecule has 0 N–H and O–H groups in total. The topological polar surface area (TPSA) is 59.3 Å². The first-order valence-electron chi connectivity index (χ1n) is 10.2. The third kappa shape index (κ3) is 4.47. The molecule has 7 nitrogen and oxygen atoms in total. The minimum absolute atomic E-state index is 0.0224. The second-order valence-corrected chi connectivity index (χ2v) is 7.76. The number of benzene rings is 1. The van der Waals surface area contributed by atoms with Crippen LogP contribution in [0.5, 0.6) is 11.5 Å². The fourth-order valence-corrected chi connectivity index (χ4v) is 3.91. The summed E-state index contributed by atoms with van der Waals surface area (Å²) < 4.78 is 12.3. The number of pyridine rings is 1. The average molecular weight is 409 g/mol. The second kappa shape index (κ2) is 8.85. The number of aryl methyl sites for hydroxylation is 1. The van der Waals surface area contributed by atoms with Crippen LogP contribution in [0.15, 0.2) is 47.4 Å². The molecule has 30 heavy (non-hydrogen) atoms. The van der Waals surface area contributed by atoms with Crippen LogP contribution < -0.4 is 15.0 Å². The highest BCUT2D eigenvalue weighted by Crippen LogP contribution is 2.28. The van der Waals surface area contributed by atoms with E-state index in [9.17, 15) is 4.79 Å². The van der Waals surface area contributed by atoms with E-state index in [0.29, 0.717) is 12.2 Å². The molecule has 1 fully saturated rings. The fourth-order valence-electron chi connectivity index (χ4n) is 3.91. The number of fused-ring (bicyclic) bond motifs is 1. The maximum atomic E-state index is 12.4. The Labute approximate surface area is 176 Å². The van der Waals surface area contributed by atoms with Gasteiger partial charge in [-0.1, -0.05) is 12.1 Å². The van der Waals surface area contributed by atoms with Crippen LogP contribution in [-0.4, -0.2) is 59.6 Å².